The fourth-order valence-corrected chi connectivity index (χ4v) is 1.74. The van der Waals surface area contributed by atoms with Crippen LogP contribution in [0.2, 0.25) is 0 Å². The zero-order valence-corrected chi connectivity index (χ0v) is 12.5. The first-order valence-corrected chi connectivity index (χ1v) is 7.12. The predicted molar refractivity (Wildman–Crippen MR) is 77.7 cm³/mol. The van der Waals surface area contributed by atoms with Gasteiger partial charge in [0.15, 0.2) is 0 Å². The lowest BCUT2D eigenvalue weighted by Gasteiger charge is -2.13. The molecule has 100 valence electrons. The molecule has 0 aliphatic rings. The fourth-order valence-electron chi connectivity index (χ4n) is 1.21. The van der Waals surface area contributed by atoms with E-state index in [1.807, 2.05) is 58.9 Å². The van der Waals surface area contributed by atoms with Crippen LogP contribution in [0.25, 0.3) is 0 Å². The normalized spacial score (nSPS) is 14.1. The van der Waals surface area contributed by atoms with E-state index in [4.69, 9.17) is 4.74 Å². The van der Waals surface area contributed by atoms with Crippen LogP contribution < -0.4 is 4.74 Å². The van der Waals surface area contributed by atoms with Crippen LogP contribution in [-0.2, 0) is 11.0 Å². The van der Waals surface area contributed by atoms with Gasteiger partial charge in [0.1, 0.15) is 16.7 Å². The molecule has 18 heavy (non-hydrogen) atoms. The summed E-state index contributed by atoms with van der Waals surface area (Å²) >= 11 is 0. The average molecular weight is 267 g/mol. The Morgan fingerprint density at radius 3 is 2.56 bits per heavy atom. The van der Waals surface area contributed by atoms with Crippen LogP contribution in [0.4, 0.5) is 0 Å². The number of rotatable bonds is 4. The lowest BCUT2D eigenvalue weighted by Crippen LogP contribution is -2.19. The van der Waals surface area contributed by atoms with Crippen LogP contribution >= 0.6 is 0 Å². The van der Waals surface area contributed by atoms with Crippen LogP contribution in [0.15, 0.2) is 28.7 Å². The van der Waals surface area contributed by atoms with Crippen molar-refractivity contribution >= 4 is 17.2 Å². The minimum atomic E-state index is -1.23. The second-order valence-electron chi connectivity index (χ2n) is 5.34. The van der Waals surface area contributed by atoms with Crippen molar-refractivity contribution in [3.8, 4) is 5.75 Å². The molecule has 1 aromatic carbocycles. The third-order valence-electron chi connectivity index (χ3n) is 2.05. The highest BCUT2D eigenvalue weighted by Gasteiger charge is 2.18. The van der Waals surface area contributed by atoms with E-state index < -0.39 is 11.0 Å². The molecule has 4 heteroatoms. The van der Waals surface area contributed by atoms with Crippen LogP contribution in [0, 0.1) is 0 Å². The highest BCUT2D eigenvalue weighted by Crippen LogP contribution is 2.15. The highest BCUT2D eigenvalue weighted by molar-refractivity contribution is 7.85. The topological polar surface area (TPSA) is 38.7 Å². The van der Waals surface area contributed by atoms with Crippen molar-refractivity contribution in [3.63, 3.8) is 0 Å². The third-order valence-corrected chi connectivity index (χ3v) is 3.40. The van der Waals surface area contributed by atoms with E-state index in [9.17, 15) is 4.21 Å². The monoisotopic (exact) mass is 267 g/mol. The van der Waals surface area contributed by atoms with Crippen molar-refractivity contribution in [2.75, 3.05) is 0 Å². The molecule has 0 aromatic heterocycles. The van der Waals surface area contributed by atoms with Crippen molar-refractivity contribution in [1.29, 1.82) is 0 Å². The molecule has 1 atom stereocenters. The second-order valence-corrected chi connectivity index (χ2v) is 7.27. The molecule has 0 radical (unpaired) electrons. The molecule has 1 rings (SSSR count). The van der Waals surface area contributed by atoms with Gasteiger partial charge in [-0.3, -0.25) is 0 Å². The molecule has 0 aliphatic carbocycles. The van der Waals surface area contributed by atoms with Gasteiger partial charge in [0.25, 0.3) is 0 Å². The maximum absolute atomic E-state index is 11.8. The molecular weight excluding hydrogens is 246 g/mol. The van der Waals surface area contributed by atoms with Gasteiger partial charge in [-0.1, -0.05) is 12.1 Å². The summed E-state index contributed by atoms with van der Waals surface area (Å²) in [6, 6.07) is 7.61. The number of hydrogen-bond donors (Lipinski definition) is 0. The van der Waals surface area contributed by atoms with Crippen molar-refractivity contribution in [3.05, 3.63) is 29.8 Å². The van der Waals surface area contributed by atoms with Gasteiger partial charge in [0.05, 0.1) is 10.9 Å². The Bertz CT molecular complexity index is 447. The zero-order valence-electron chi connectivity index (χ0n) is 11.6. The molecule has 0 saturated heterocycles. The minimum absolute atomic E-state index is 0.140. The summed E-state index contributed by atoms with van der Waals surface area (Å²) < 4.78 is 21.1. The van der Waals surface area contributed by atoms with Crippen molar-refractivity contribution in [1.82, 2.24) is 0 Å². The molecule has 0 saturated carbocycles. The van der Waals surface area contributed by atoms with E-state index in [1.165, 1.54) is 0 Å². The number of hydrogen-bond acceptors (Lipinski definition) is 2. The summed E-state index contributed by atoms with van der Waals surface area (Å²) in [4.78, 5) is 0. The van der Waals surface area contributed by atoms with E-state index in [0.717, 1.165) is 11.3 Å². The summed E-state index contributed by atoms with van der Waals surface area (Å²) in [5, 5.41) is 0. The van der Waals surface area contributed by atoms with E-state index in [-0.39, 0.29) is 10.9 Å². The van der Waals surface area contributed by atoms with E-state index >= 15 is 0 Å². The molecule has 0 heterocycles. The summed E-state index contributed by atoms with van der Waals surface area (Å²) in [5.74, 6) is 0.801. The van der Waals surface area contributed by atoms with Crippen LogP contribution in [0.1, 0.15) is 40.2 Å². The third kappa shape index (κ3) is 5.00. The van der Waals surface area contributed by atoms with Gasteiger partial charge in [0.2, 0.25) is 0 Å². The number of nitrogens with zero attached hydrogens (tertiary/aromatic N) is 1. The van der Waals surface area contributed by atoms with Crippen LogP contribution in [-0.4, -0.2) is 21.3 Å². The first kappa shape index (κ1) is 14.9. The Morgan fingerprint density at radius 1 is 1.33 bits per heavy atom. The Balaban J connectivity index is 2.79. The Kier molecular flexibility index (Phi) is 5.08. The average Bonchev–Trinajstić information content (AvgIpc) is 2.24. The standard InChI is InChI=1S/C14H21NO2S/c1-11(2)17-13-8-6-7-12(9-13)10-15-18(16)14(3,4)5/h6-11H,1-5H3/t18-/m0/s1. The lowest BCUT2D eigenvalue weighted by atomic mass is 10.2. The second kappa shape index (κ2) is 6.14. The molecule has 0 unspecified atom stereocenters. The van der Waals surface area contributed by atoms with Gasteiger partial charge in [-0.25, -0.2) is 4.21 Å². The summed E-state index contributed by atoms with van der Waals surface area (Å²) in [6.07, 6.45) is 1.77. The minimum Gasteiger partial charge on any atom is -0.491 e. The lowest BCUT2D eigenvalue weighted by molar-refractivity contribution is 0.242. The SMILES string of the molecule is CC(C)Oc1cccc(C=N[S@@](=O)C(C)(C)C)c1. The number of benzene rings is 1. The summed E-state index contributed by atoms with van der Waals surface area (Å²) in [5.41, 5.74) is 0.894. The molecule has 0 fully saturated rings. The molecule has 0 bridgehead atoms. The molecule has 0 N–H and O–H groups in total. The fraction of sp³-hybridized carbons (Fsp3) is 0.500. The molecule has 3 nitrogen and oxygen atoms in total. The smallest absolute Gasteiger partial charge is 0.144 e. The quantitative estimate of drug-likeness (QED) is 0.785. The molecular formula is C14H21NO2S. The van der Waals surface area contributed by atoms with Gasteiger partial charge in [-0.05, 0) is 52.3 Å². The van der Waals surface area contributed by atoms with Gasteiger partial charge >= 0.3 is 0 Å². The number of ether oxygens (including phenoxy) is 1. The first-order valence-electron chi connectivity index (χ1n) is 6.02. The molecule has 0 aliphatic heterocycles. The summed E-state index contributed by atoms with van der Waals surface area (Å²) in [7, 11) is -1.23. The Hall–Kier alpha value is -1.16. The molecule has 1 aromatic rings. The Labute approximate surface area is 112 Å². The van der Waals surface area contributed by atoms with Crippen molar-refractivity contribution in [2.45, 2.75) is 45.5 Å². The Morgan fingerprint density at radius 2 is 2.00 bits per heavy atom. The van der Waals surface area contributed by atoms with Crippen LogP contribution in [0.5, 0.6) is 5.75 Å². The van der Waals surface area contributed by atoms with Gasteiger partial charge in [-0.2, -0.15) is 4.40 Å². The van der Waals surface area contributed by atoms with Crippen molar-refractivity contribution in [2.24, 2.45) is 4.40 Å². The molecule has 0 spiro atoms. The highest BCUT2D eigenvalue weighted by atomic mass is 32.2. The molecule has 0 amide bonds. The first-order chi connectivity index (χ1) is 8.29. The maximum atomic E-state index is 11.8. The summed E-state index contributed by atoms with van der Waals surface area (Å²) in [6.45, 7) is 9.67. The zero-order chi connectivity index (χ0) is 13.8. The van der Waals surface area contributed by atoms with Gasteiger partial charge in [-0.15, -0.1) is 0 Å². The largest absolute Gasteiger partial charge is 0.491 e. The van der Waals surface area contributed by atoms with Gasteiger partial charge in [0, 0.05) is 6.21 Å². The van der Waals surface area contributed by atoms with Crippen LogP contribution in [0.3, 0.4) is 0 Å². The van der Waals surface area contributed by atoms with E-state index in [2.05, 4.69) is 4.40 Å². The van der Waals surface area contributed by atoms with Crippen molar-refractivity contribution < 1.29 is 8.95 Å². The maximum Gasteiger partial charge on any atom is 0.144 e. The van der Waals surface area contributed by atoms with Gasteiger partial charge < -0.3 is 4.74 Å². The van der Waals surface area contributed by atoms with E-state index in [1.54, 1.807) is 6.21 Å². The predicted octanol–water partition coefficient (Wildman–Crippen LogP) is 3.35. The van der Waals surface area contributed by atoms with E-state index in [0.29, 0.717) is 0 Å².